The number of halogens is 3. The van der Waals surface area contributed by atoms with E-state index in [1.807, 2.05) is 0 Å². The summed E-state index contributed by atoms with van der Waals surface area (Å²) < 4.78 is 43.2. The number of alkyl halides is 3. The van der Waals surface area contributed by atoms with Gasteiger partial charge in [0, 0.05) is 5.56 Å². The lowest BCUT2D eigenvalue weighted by molar-refractivity contribution is -0.136. The van der Waals surface area contributed by atoms with Crippen LogP contribution in [0.3, 0.4) is 0 Å². The number of aryl methyl sites for hydroxylation is 1. The molecule has 0 radical (unpaired) electrons. The third kappa shape index (κ3) is 2.78. The van der Waals surface area contributed by atoms with Gasteiger partial charge in [0.1, 0.15) is 0 Å². The quantitative estimate of drug-likeness (QED) is 0.899. The molecule has 0 saturated carbocycles. The van der Waals surface area contributed by atoms with Crippen LogP contribution in [0.4, 0.5) is 18.9 Å². The molecule has 0 aliphatic heterocycles. The first-order valence-electron chi connectivity index (χ1n) is 5.41. The van der Waals surface area contributed by atoms with Gasteiger partial charge in [-0.15, -0.1) is 0 Å². The van der Waals surface area contributed by atoms with Gasteiger partial charge in [-0.3, -0.25) is 4.79 Å². The molecule has 1 aromatic heterocycles. The number of amides is 1. The largest absolute Gasteiger partial charge is 0.459 e. The second-order valence-electron chi connectivity index (χ2n) is 3.93. The number of anilines is 1. The molecule has 3 nitrogen and oxygen atoms in total. The fourth-order valence-corrected chi connectivity index (χ4v) is 1.62. The Morgan fingerprint density at radius 2 is 1.89 bits per heavy atom. The molecule has 0 saturated heterocycles. The maximum atomic E-state index is 12.7. The Balaban J connectivity index is 2.30. The Morgan fingerprint density at radius 3 is 2.47 bits per heavy atom. The Morgan fingerprint density at radius 1 is 1.21 bits per heavy atom. The van der Waals surface area contributed by atoms with E-state index in [4.69, 9.17) is 4.42 Å². The minimum atomic E-state index is -4.53. The molecule has 1 amide bonds. The minimum absolute atomic E-state index is 0.00280. The van der Waals surface area contributed by atoms with Crippen LogP contribution < -0.4 is 5.32 Å². The van der Waals surface area contributed by atoms with Gasteiger partial charge in [-0.05, 0) is 25.1 Å². The lowest BCUT2D eigenvalue weighted by Crippen LogP contribution is -2.16. The van der Waals surface area contributed by atoms with E-state index in [1.165, 1.54) is 24.5 Å². The number of carbonyl (C=O) groups excluding carboxylic acids is 1. The number of carbonyl (C=O) groups is 1. The molecule has 6 heteroatoms. The monoisotopic (exact) mass is 269 g/mol. The highest BCUT2D eigenvalue weighted by Crippen LogP contribution is 2.34. The number of hydrogen-bond acceptors (Lipinski definition) is 2. The molecule has 0 fully saturated rings. The SMILES string of the molecule is Cc1ccoc1C(=O)Nc1ccccc1C(F)(F)F. The van der Waals surface area contributed by atoms with Gasteiger partial charge in [-0.1, -0.05) is 12.1 Å². The summed E-state index contributed by atoms with van der Waals surface area (Å²) in [5, 5.41) is 2.21. The van der Waals surface area contributed by atoms with Gasteiger partial charge < -0.3 is 9.73 Å². The zero-order valence-corrected chi connectivity index (χ0v) is 9.91. The summed E-state index contributed by atoms with van der Waals surface area (Å²) in [6.07, 6.45) is -3.22. The van der Waals surface area contributed by atoms with Crippen molar-refractivity contribution in [3.63, 3.8) is 0 Å². The zero-order chi connectivity index (χ0) is 14.0. The Hall–Kier alpha value is -2.24. The molecular formula is C13H10F3NO2. The van der Waals surface area contributed by atoms with Crippen molar-refractivity contribution < 1.29 is 22.4 Å². The van der Waals surface area contributed by atoms with E-state index in [1.54, 1.807) is 13.0 Å². The van der Waals surface area contributed by atoms with E-state index in [2.05, 4.69) is 5.32 Å². The van der Waals surface area contributed by atoms with Crippen LogP contribution in [0.5, 0.6) is 0 Å². The number of hydrogen-bond donors (Lipinski definition) is 1. The first kappa shape index (κ1) is 13.2. The lowest BCUT2D eigenvalue weighted by atomic mass is 10.1. The lowest BCUT2D eigenvalue weighted by Gasteiger charge is -2.12. The highest BCUT2D eigenvalue weighted by Gasteiger charge is 2.33. The molecule has 1 heterocycles. The Kier molecular flexibility index (Phi) is 3.33. The summed E-state index contributed by atoms with van der Waals surface area (Å²) in [4.78, 5) is 11.8. The fraction of sp³-hybridized carbons (Fsp3) is 0.154. The van der Waals surface area contributed by atoms with Gasteiger partial charge in [0.05, 0.1) is 17.5 Å². The smallest absolute Gasteiger partial charge is 0.418 e. The van der Waals surface area contributed by atoms with E-state index in [9.17, 15) is 18.0 Å². The van der Waals surface area contributed by atoms with Gasteiger partial charge >= 0.3 is 6.18 Å². The Bertz CT molecular complexity index is 602. The summed E-state index contributed by atoms with van der Waals surface area (Å²) in [6, 6.07) is 6.34. The van der Waals surface area contributed by atoms with Gasteiger partial charge in [0.15, 0.2) is 5.76 Å². The second-order valence-corrected chi connectivity index (χ2v) is 3.93. The molecule has 19 heavy (non-hydrogen) atoms. The van der Waals surface area contributed by atoms with Crippen LogP contribution in [0.1, 0.15) is 21.7 Å². The van der Waals surface area contributed by atoms with Crippen LogP contribution in [-0.4, -0.2) is 5.91 Å². The number of para-hydroxylation sites is 1. The third-order valence-electron chi connectivity index (χ3n) is 2.55. The van der Waals surface area contributed by atoms with Crippen molar-refractivity contribution in [3.05, 3.63) is 53.5 Å². The van der Waals surface area contributed by atoms with Gasteiger partial charge in [-0.2, -0.15) is 13.2 Å². The van der Waals surface area contributed by atoms with Crippen molar-refractivity contribution >= 4 is 11.6 Å². The topological polar surface area (TPSA) is 42.2 Å². The minimum Gasteiger partial charge on any atom is -0.459 e. The highest BCUT2D eigenvalue weighted by atomic mass is 19.4. The van der Waals surface area contributed by atoms with Crippen molar-refractivity contribution in [3.8, 4) is 0 Å². The predicted molar refractivity (Wildman–Crippen MR) is 62.8 cm³/mol. The average molecular weight is 269 g/mol. The summed E-state index contributed by atoms with van der Waals surface area (Å²) >= 11 is 0. The highest BCUT2D eigenvalue weighted by molar-refractivity contribution is 6.03. The van der Waals surface area contributed by atoms with Gasteiger partial charge in [0.2, 0.25) is 0 Å². The zero-order valence-electron chi connectivity index (χ0n) is 9.91. The summed E-state index contributed by atoms with van der Waals surface area (Å²) in [6.45, 7) is 1.63. The maximum Gasteiger partial charge on any atom is 0.418 e. The fourth-order valence-electron chi connectivity index (χ4n) is 1.62. The van der Waals surface area contributed by atoms with E-state index in [0.29, 0.717) is 5.56 Å². The van der Waals surface area contributed by atoms with Crippen molar-refractivity contribution in [2.24, 2.45) is 0 Å². The first-order chi connectivity index (χ1) is 8.89. The van der Waals surface area contributed by atoms with Gasteiger partial charge in [-0.25, -0.2) is 0 Å². The van der Waals surface area contributed by atoms with Crippen molar-refractivity contribution in [2.45, 2.75) is 13.1 Å². The van der Waals surface area contributed by atoms with Crippen LogP contribution in [0.2, 0.25) is 0 Å². The first-order valence-corrected chi connectivity index (χ1v) is 5.41. The third-order valence-corrected chi connectivity index (χ3v) is 2.55. The predicted octanol–water partition coefficient (Wildman–Crippen LogP) is 3.86. The summed E-state index contributed by atoms with van der Waals surface area (Å²) in [5.41, 5.74) is -0.634. The van der Waals surface area contributed by atoms with Crippen LogP contribution in [-0.2, 0) is 6.18 Å². The van der Waals surface area contributed by atoms with Crippen molar-refractivity contribution in [1.29, 1.82) is 0 Å². The molecule has 100 valence electrons. The molecule has 0 spiro atoms. The molecule has 0 atom stereocenters. The number of furan rings is 1. The number of nitrogens with one attached hydrogen (secondary N) is 1. The standard InChI is InChI=1S/C13H10F3NO2/c1-8-6-7-19-11(8)12(18)17-10-5-3-2-4-9(10)13(14,15)16/h2-7H,1H3,(H,17,18). The summed E-state index contributed by atoms with van der Waals surface area (Å²) in [7, 11) is 0. The van der Waals surface area contributed by atoms with Gasteiger partial charge in [0.25, 0.3) is 5.91 Å². The normalized spacial score (nSPS) is 11.4. The average Bonchev–Trinajstić information content (AvgIpc) is 2.75. The molecular weight excluding hydrogens is 259 g/mol. The molecule has 0 aliphatic carbocycles. The van der Waals surface area contributed by atoms with Crippen molar-refractivity contribution in [2.75, 3.05) is 5.32 Å². The molecule has 0 unspecified atom stereocenters. The molecule has 1 aromatic carbocycles. The van der Waals surface area contributed by atoms with E-state index >= 15 is 0 Å². The van der Waals surface area contributed by atoms with E-state index < -0.39 is 17.6 Å². The van der Waals surface area contributed by atoms with E-state index in [-0.39, 0.29) is 11.4 Å². The molecule has 2 rings (SSSR count). The van der Waals surface area contributed by atoms with Crippen LogP contribution >= 0.6 is 0 Å². The van der Waals surface area contributed by atoms with Crippen LogP contribution in [0.25, 0.3) is 0 Å². The molecule has 2 aromatic rings. The maximum absolute atomic E-state index is 12.7. The second kappa shape index (κ2) is 4.79. The van der Waals surface area contributed by atoms with E-state index in [0.717, 1.165) is 6.07 Å². The van der Waals surface area contributed by atoms with Crippen LogP contribution in [0.15, 0.2) is 41.0 Å². The molecule has 0 aliphatic rings. The molecule has 1 N–H and O–H groups in total. The summed E-state index contributed by atoms with van der Waals surface area (Å²) in [5.74, 6) is -0.712. The Labute approximate surface area is 107 Å². The number of benzene rings is 1. The van der Waals surface area contributed by atoms with Crippen LogP contribution in [0, 0.1) is 6.92 Å². The van der Waals surface area contributed by atoms with Crippen molar-refractivity contribution in [1.82, 2.24) is 0 Å². The number of rotatable bonds is 2. The molecule has 0 bridgehead atoms.